The molecule has 5 nitrogen and oxygen atoms in total. The summed E-state index contributed by atoms with van der Waals surface area (Å²) in [5.74, 6) is -1.24. The van der Waals surface area contributed by atoms with Gasteiger partial charge < -0.3 is 5.32 Å². The Morgan fingerprint density at radius 1 is 1.39 bits per heavy atom. The minimum atomic E-state index is -3.28. The molecule has 0 spiro atoms. The van der Waals surface area contributed by atoms with Crippen molar-refractivity contribution in [2.75, 3.05) is 19.3 Å². The summed E-state index contributed by atoms with van der Waals surface area (Å²) in [6.45, 7) is 0.137. The Balaban J connectivity index is 2.54. The molecule has 2 N–H and O–H groups in total. The van der Waals surface area contributed by atoms with Crippen LogP contribution in [0.25, 0.3) is 0 Å². The zero-order valence-electron chi connectivity index (χ0n) is 9.54. The molecule has 18 heavy (non-hydrogen) atoms. The molecule has 1 rings (SSSR count). The van der Waals surface area contributed by atoms with Crippen molar-refractivity contribution in [3.63, 3.8) is 0 Å². The van der Waals surface area contributed by atoms with Crippen molar-refractivity contribution in [3.05, 3.63) is 34.1 Å². The molecule has 1 amide bonds. The van der Waals surface area contributed by atoms with Crippen LogP contribution in [-0.4, -0.2) is 33.7 Å². The molecule has 100 valence electrons. The van der Waals surface area contributed by atoms with Gasteiger partial charge in [0.15, 0.2) is 0 Å². The van der Waals surface area contributed by atoms with Crippen LogP contribution in [0, 0.1) is 5.82 Å². The first-order valence-corrected chi connectivity index (χ1v) is 7.66. The second kappa shape index (κ2) is 6.26. The Morgan fingerprint density at radius 3 is 2.67 bits per heavy atom. The van der Waals surface area contributed by atoms with Crippen molar-refractivity contribution in [3.8, 4) is 0 Å². The second-order valence-corrected chi connectivity index (χ2v) is 6.21. The molecule has 0 saturated heterocycles. The van der Waals surface area contributed by atoms with Crippen LogP contribution in [0.5, 0.6) is 0 Å². The largest absolute Gasteiger partial charge is 0.351 e. The smallest absolute Gasteiger partial charge is 0.254 e. The van der Waals surface area contributed by atoms with Gasteiger partial charge in [-0.3, -0.25) is 4.79 Å². The number of sulfonamides is 1. The highest BCUT2D eigenvalue weighted by molar-refractivity contribution is 9.10. The molecule has 0 heterocycles. The molecule has 0 aliphatic rings. The Hall–Kier alpha value is -0.990. The van der Waals surface area contributed by atoms with E-state index >= 15 is 0 Å². The fourth-order valence-corrected chi connectivity index (χ4v) is 2.03. The highest BCUT2D eigenvalue weighted by Gasteiger charge is 2.13. The lowest BCUT2D eigenvalue weighted by molar-refractivity contribution is 0.0950. The molecular weight excluding hydrogens is 327 g/mol. The van der Waals surface area contributed by atoms with Gasteiger partial charge in [-0.2, -0.15) is 0 Å². The van der Waals surface area contributed by atoms with Crippen molar-refractivity contribution < 1.29 is 17.6 Å². The summed E-state index contributed by atoms with van der Waals surface area (Å²) in [4.78, 5) is 11.6. The molecule has 1 aromatic rings. The standard InChI is InChI=1S/C10H12BrFN2O3S/c1-18(16,17)14-6-5-13-10(15)7-3-2-4-8(11)9(7)12/h2-4,14H,5-6H2,1H3,(H,13,15). The van der Waals surface area contributed by atoms with E-state index in [-0.39, 0.29) is 23.1 Å². The zero-order valence-corrected chi connectivity index (χ0v) is 11.9. The van der Waals surface area contributed by atoms with Crippen LogP contribution in [0.1, 0.15) is 10.4 Å². The summed E-state index contributed by atoms with van der Waals surface area (Å²) < 4.78 is 37.4. The van der Waals surface area contributed by atoms with Crippen LogP contribution in [0.4, 0.5) is 4.39 Å². The van der Waals surface area contributed by atoms with E-state index in [0.29, 0.717) is 0 Å². The number of amides is 1. The Morgan fingerprint density at radius 2 is 2.06 bits per heavy atom. The lowest BCUT2D eigenvalue weighted by Gasteiger charge is -2.07. The number of benzene rings is 1. The quantitative estimate of drug-likeness (QED) is 0.782. The monoisotopic (exact) mass is 338 g/mol. The zero-order chi connectivity index (χ0) is 13.8. The summed E-state index contributed by atoms with van der Waals surface area (Å²) >= 11 is 2.98. The van der Waals surface area contributed by atoms with Gasteiger partial charge in [0.2, 0.25) is 10.0 Å². The molecule has 0 radical (unpaired) electrons. The molecule has 1 aromatic carbocycles. The van der Waals surface area contributed by atoms with E-state index in [1.54, 1.807) is 0 Å². The maximum Gasteiger partial charge on any atom is 0.254 e. The summed E-state index contributed by atoms with van der Waals surface area (Å²) in [6.07, 6.45) is 1.02. The maximum atomic E-state index is 13.5. The minimum absolute atomic E-state index is 0.0557. The molecule has 0 fully saturated rings. The predicted molar refractivity (Wildman–Crippen MR) is 69.3 cm³/mol. The van der Waals surface area contributed by atoms with Crippen molar-refractivity contribution in [1.29, 1.82) is 0 Å². The van der Waals surface area contributed by atoms with E-state index in [1.807, 2.05) is 0 Å². The average Bonchev–Trinajstić information content (AvgIpc) is 2.26. The predicted octanol–water partition coefficient (Wildman–Crippen LogP) is 0.867. The topological polar surface area (TPSA) is 75.3 Å². The van der Waals surface area contributed by atoms with Gasteiger partial charge in [-0.25, -0.2) is 17.5 Å². The van der Waals surface area contributed by atoms with Gasteiger partial charge in [-0.05, 0) is 28.1 Å². The van der Waals surface area contributed by atoms with Crippen molar-refractivity contribution in [2.24, 2.45) is 0 Å². The molecule has 8 heteroatoms. The first-order valence-electron chi connectivity index (χ1n) is 4.98. The molecule has 0 atom stereocenters. The van der Waals surface area contributed by atoms with Crippen molar-refractivity contribution in [2.45, 2.75) is 0 Å². The molecular formula is C10H12BrFN2O3S. The van der Waals surface area contributed by atoms with E-state index in [4.69, 9.17) is 0 Å². The summed E-state index contributed by atoms with van der Waals surface area (Å²) in [7, 11) is -3.28. The van der Waals surface area contributed by atoms with Gasteiger partial charge in [-0.1, -0.05) is 6.07 Å². The highest BCUT2D eigenvalue weighted by Crippen LogP contribution is 2.18. The van der Waals surface area contributed by atoms with E-state index in [9.17, 15) is 17.6 Å². The molecule has 0 aromatic heterocycles. The fourth-order valence-electron chi connectivity index (χ4n) is 1.19. The third-order valence-electron chi connectivity index (χ3n) is 1.97. The van der Waals surface area contributed by atoms with Gasteiger partial charge in [0.1, 0.15) is 5.82 Å². The van der Waals surface area contributed by atoms with Gasteiger partial charge in [0.05, 0.1) is 16.3 Å². The third kappa shape index (κ3) is 4.71. The normalized spacial score (nSPS) is 11.3. The van der Waals surface area contributed by atoms with E-state index in [1.165, 1.54) is 18.2 Å². The maximum absolute atomic E-state index is 13.5. The summed E-state index contributed by atoms with van der Waals surface area (Å²) in [5, 5.41) is 2.41. The summed E-state index contributed by atoms with van der Waals surface area (Å²) in [6, 6.07) is 4.37. The van der Waals surface area contributed by atoms with Gasteiger partial charge >= 0.3 is 0 Å². The lowest BCUT2D eigenvalue weighted by atomic mass is 10.2. The third-order valence-corrected chi connectivity index (χ3v) is 3.31. The Kier molecular flexibility index (Phi) is 5.24. The van der Waals surface area contributed by atoms with Crippen LogP contribution in [0.3, 0.4) is 0 Å². The number of carbonyl (C=O) groups is 1. The number of carbonyl (C=O) groups excluding carboxylic acids is 1. The number of rotatable bonds is 5. The van der Waals surface area contributed by atoms with E-state index in [0.717, 1.165) is 6.26 Å². The number of nitrogens with one attached hydrogen (secondary N) is 2. The van der Waals surface area contributed by atoms with Crippen LogP contribution < -0.4 is 10.0 Å². The Labute approximate surface area is 113 Å². The molecule has 0 saturated carbocycles. The average molecular weight is 339 g/mol. The van der Waals surface area contributed by atoms with Gasteiger partial charge in [0, 0.05) is 13.1 Å². The van der Waals surface area contributed by atoms with E-state index < -0.39 is 21.7 Å². The number of hydrogen-bond donors (Lipinski definition) is 2. The summed E-state index contributed by atoms with van der Waals surface area (Å²) in [5.41, 5.74) is -0.0938. The molecule has 0 aliphatic carbocycles. The van der Waals surface area contributed by atoms with Gasteiger partial charge in [-0.15, -0.1) is 0 Å². The van der Waals surface area contributed by atoms with Crippen LogP contribution in [-0.2, 0) is 10.0 Å². The second-order valence-electron chi connectivity index (χ2n) is 3.52. The van der Waals surface area contributed by atoms with Crippen molar-refractivity contribution in [1.82, 2.24) is 10.0 Å². The van der Waals surface area contributed by atoms with Crippen molar-refractivity contribution >= 4 is 31.9 Å². The highest BCUT2D eigenvalue weighted by atomic mass is 79.9. The molecule has 0 unspecified atom stereocenters. The molecule has 0 aliphatic heterocycles. The SMILES string of the molecule is CS(=O)(=O)NCCNC(=O)c1cccc(Br)c1F. The lowest BCUT2D eigenvalue weighted by Crippen LogP contribution is -2.34. The first-order chi connectivity index (χ1) is 8.31. The number of halogens is 2. The minimum Gasteiger partial charge on any atom is -0.351 e. The number of hydrogen-bond acceptors (Lipinski definition) is 3. The van der Waals surface area contributed by atoms with Crippen LogP contribution >= 0.6 is 15.9 Å². The fraction of sp³-hybridized carbons (Fsp3) is 0.300. The van der Waals surface area contributed by atoms with E-state index in [2.05, 4.69) is 26.0 Å². The van der Waals surface area contributed by atoms with Crippen LogP contribution in [0.15, 0.2) is 22.7 Å². The van der Waals surface area contributed by atoms with Gasteiger partial charge in [0.25, 0.3) is 5.91 Å². The molecule has 0 bridgehead atoms. The van der Waals surface area contributed by atoms with Crippen LogP contribution in [0.2, 0.25) is 0 Å². The first kappa shape index (κ1) is 15.1. The Bertz CT molecular complexity index is 548.